The molecule has 6 heteroatoms. The molecular formula is C13H23BrN4O. The quantitative estimate of drug-likeness (QED) is 0.649. The molecule has 0 spiro atoms. The summed E-state index contributed by atoms with van der Waals surface area (Å²) in [6, 6.07) is 0. The van der Waals surface area contributed by atoms with Crippen molar-refractivity contribution in [3.05, 3.63) is 10.8 Å². The van der Waals surface area contributed by atoms with Crippen LogP contribution in [0, 0.1) is 5.92 Å². The lowest BCUT2D eigenvalue weighted by Crippen LogP contribution is -2.16. The van der Waals surface area contributed by atoms with E-state index in [1.165, 1.54) is 0 Å². The maximum absolute atomic E-state index is 8.99. The number of halogens is 1. The Kier molecular flexibility index (Phi) is 7.74. The molecule has 0 amide bonds. The van der Waals surface area contributed by atoms with Crippen molar-refractivity contribution in [1.82, 2.24) is 9.97 Å². The minimum atomic E-state index is 0.231. The van der Waals surface area contributed by atoms with Crippen molar-refractivity contribution in [2.45, 2.75) is 33.1 Å². The van der Waals surface area contributed by atoms with Crippen LogP contribution >= 0.6 is 15.9 Å². The maximum Gasteiger partial charge on any atom is 0.145 e. The van der Waals surface area contributed by atoms with Gasteiger partial charge in [-0.2, -0.15) is 0 Å². The summed E-state index contributed by atoms with van der Waals surface area (Å²) in [6.45, 7) is 6.17. The lowest BCUT2D eigenvalue weighted by molar-refractivity contribution is 0.258. The van der Waals surface area contributed by atoms with E-state index in [1.807, 2.05) is 0 Å². The largest absolute Gasteiger partial charge is 0.396 e. The van der Waals surface area contributed by atoms with E-state index in [0.29, 0.717) is 5.92 Å². The van der Waals surface area contributed by atoms with E-state index in [-0.39, 0.29) is 6.61 Å². The Balaban J connectivity index is 2.62. The Morgan fingerprint density at radius 1 is 1.26 bits per heavy atom. The van der Waals surface area contributed by atoms with Gasteiger partial charge in [-0.3, -0.25) is 0 Å². The molecular weight excluding hydrogens is 308 g/mol. The van der Waals surface area contributed by atoms with Crippen molar-refractivity contribution in [2.75, 3.05) is 30.3 Å². The van der Waals surface area contributed by atoms with Crippen LogP contribution in [0.5, 0.6) is 0 Å². The van der Waals surface area contributed by atoms with Crippen molar-refractivity contribution in [2.24, 2.45) is 5.92 Å². The molecule has 0 aliphatic heterocycles. The van der Waals surface area contributed by atoms with Crippen LogP contribution in [0.15, 0.2) is 10.8 Å². The van der Waals surface area contributed by atoms with Gasteiger partial charge in [0.05, 0.1) is 0 Å². The van der Waals surface area contributed by atoms with E-state index in [2.05, 4.69) is 50.4 Å². The van der Waals surface area contributed by atoms with E-state index >= 15 is 0 Å². The Bertz CT molecular complexity index is 376. The predicted molar refractivity (Wildman–Crippen MR) is 82.5 cm³/mol. The monoisotopic (exact) mass is 330 g/mol. The van der Waals surface area contributed by atoms with Gasteiger partial charge in [-0.15, -0.1) is 0 Å². The predicted octanol–water partition coefficient (Wildman–Crippen LogP) is 2.88. The highest BCUT2D eigenvalue weighted by molar-refractivity contribution is 9.10. The Morgan fingerprint density at radius 2 is 1.95 bits per heavy atom. The van der Waals surface area contributed by atoms with Crippen LogP contribution in [0.3, 0.4) is 0 Å². The van der Waals surface area contributed by atoms with E-state index in [1.54, 1.807) is 6.33 Å². The van der Waals surface area contributed by atoms with Crippen molar-refractivity contribution in [3.8, 4) is 0 Å². The van der Waals surface area contributed by atoms with Gasteiger partial charge in [-0.25, -0.2) is 9.97 Å². The average molecular weight is 331 g/mol. The molecule has 1 rings (SSSR count). The van der Waals surface area contributed by atoms with Crippen molar-refractivity contribution in [1.29, 1.82) is 0 Å². The van der Waals surface area contributed by atoms with E-state index in [0.717, 1.165) is 48.5 Å². The van der Waals surface area contributed by atoms with Crippen LogP contribution in [-0.2, 0) is 0 Å². The summed E-state index contributed by atoms with van der Waals surface area (Å²) in [5.74, 6) is 2.07. The number of aromatic nitrogens is 2. The Morgan fingerprint density at radius 3 is 2.53 bits per heavy atom. The molecule has 0 bridgehead atoms. The third kappa shape index (κ3) is 5.32. The van der Waals surface area contributed by atoms with E-state index in [4.69, 9.17) is 5.11 Å². The summed E-state index contributed by atoms with van der Waals surface area (Å²) in [4.78, 5) is 8.45. The van der Waals surface area contributed by atoms with Gasteiger partial charge >= 0.3 is 0 Å². The molecule has 1 heterocycles. The van der Waals surface area contributed by atoms with Crippen LogP contribution in [0.1, 0.15) is 33.1 Å². The standard InChI is InChI=1S/C13H23BrN4O/c1-3-6-15-12-11(14)13(18-9-17-12)16-8-10(4-2)5-7-19/h9-10,19H,3-8H2,1-2H3,(H2,15,16,17,18). The smallest absolute Gasteiger partial charge is 0.145 e. The number of nitrogens with one attached hydrogen (secondary N) is 2. The van der Waals surface area contributed by atoms with Gasteiger partial charge in [0.15, 0.2) is 0 Å². The molecule has 0 aliphatic carbocycles. The molecule has 1 unspecified atom stereocenters. The summed E-state index contributed by atoms with van der Waals surface area (Å²) in [6.07, 6.45) is 4.45. The Hall–Kier alpha value is -0.880. The Labute approximate surface area is 123 Å². The first-order chi connectivity index (χ1) is 9.22. The summed E-state index contributed by atoms with van der Waals surface area (Å²) in [7, 11) is 0. The van der Waals surface area contributed by atoms with Crippen molar-refractivity contribution in [3.63, 3.8) is 0 Å². The van der Waals surface area contributed by atoms with Gasteiger partial charge in [0.2, 0.25) is 0 Å². The number of rotatable bonds is 9. The third-order valence-electron chi connectivity index (χ3n) is 3.00. The molecule has 0 radical (unpaired) electrons. The highest BCUT2D eigenvalue weighted by Crippen LogP contribution is 2.26. The van der Waals surface area contributed by atoms with Crippen LogP contribution in [0.2, 0.25) is 0 Å². The molecule has 19 heavy (non-hydrogen) atoms. The minimum Gasteiger partial charge on any atom is -0.396 e. The summed E-state index contributed by atoms with van der Waals surface area (Å²) >= 11 is 3.52. The first kappa shape index (κ1) is 16.2. The van der Waals surface area contributed by atoms with Gasteiger partial charge in [0, 0.05) is 19.7 Å². The van der Waals surface area contributed by atoms with Crippen LogP contribution in [0.4, 0.5) is 11.6 Å². The number of nitrogens with zero attached hydrogens (tertiary/aromatic N) is 2. The molecule has 0 fully saturated rings. The number of hydrogen-bond acceptors (Lipinski definition) is 5. The van der Waals surface area contributed by atoms with Gasteiger partial charge in [0.1, 0.15) is 22.4 Å². The first-order valence-corrected chi connectivity index (χ1v) is 7.61. The van der Waals surface area contributed by atoms with Gasteiger partial charge in [-0.1, -0.05) is 20.3 Å². The highest BCUT2D eigenvalue weighted by Gasteiger charge is 2.10. The zero-order chi connectivity index (χ0) is 14.1. The molecule has 1 atom stereocenters. The molecule has 108 valence electrons. The average Bonchev–Trinajstić information content (AvgIpc) is 2.43. The van der Waals surface area contributed by atoms with E-state index < -0.39 is 0 Å². The second-order valence-electron chi connectivity index (χ2n) is 4.48. The maximum atomic E-state index is 8.99. The summed E-state index contributed by atoms with van der Waals surface area (Å²) < 4.78 is 0.863. The lowest BCUT2D eigenvalue weighted by Gasteiger charge is -2.16. The van der Waals surface area contributed by atoms with Crippen molar-refractivity contribution < 1.29 is 5.11 Å². The third-order valence-corrected chi connectivity index (χ3v) is 3.76. The lowest BCUT2D eigenvalue weighted by atomic mass is 10.0. The topological polar surface area (TPSA) is 70.1 Å². The molecule has 5 nitrogen and oxygen atoms in total. The number of anilines is 2. The van der Waals surface area contributed by atoms with E-state index in [9.17, 15) is 0 Å². The van der Waals surface area contributed by atoms with Gasteiger partial charge in [-0.05, 0) is 34.7 Å². The van der Waals surface area contributed by atoms with Gasteiger partial charge < -0.3 is 15.7 Å². The first-order valence-electron chi connectivity index (χ1n) is 6.81. The minimum absolute atomic E-state index is 0.231. The molecule has 1 aromatic rings. The molecule has 1 aromatic heterocycles. The summed E-state index contributed by atoms with van der Waals surface area (Å²) in [5, 5.41) is 15.6. The fraction of sp³-hybridized carbons (Fsp3) is 0.692. The molecule has 0 saturated heterocycles. The van der Waals surface area contributed by atoms with Crippen molar-refractivity contribution >= 4 is 27.6 Å². The normalized spacial score (nSPS) is 12.2. The number of aliphatic hydroxyl groups is 1. The summed E-state index contributed by atoms with van der Waals surface area (Å²) in [5.41, 5.74) is 0. The second-order valence-corrected chi connectivity index (χ2v) is 5.27. The molecule has 3 N–H and O–H groups in total. The number of hydrogen-bond donors (Lipinski definition) is 3. The van der Waals surface area contributed by atoms with Crippen LogP contribution < -0.4 is 10.6 Å². The SMILES string of the molecule is CCCNc1ncnc(NCC(CC)CCO)c1Br. The zero-order valence-electron chi connectivity index (χ0n) is 11.6. The van der Waals surface area contributed by atoms with Gasteiger partial charge in [0.25, 0.3) is 0 Å². The molecule has 0 aromatic carbocycles. The fourth-order valence-corrected chi connectivity index (χ4v) is 2.22. The van der Waals surface area contributed by atoms with Crippen LogP contribution in [0.25, 0.3) is 0 Å². The highest BCUT2D eigenvalue weighted by atomic mass is 79.9. The zero-order valence-corrected chi connectivity index (χ0v) is 13.2. The molecule has 0 saturated carbocycles. The molecule has 0 aliphatic rings. The second kappa shape index (κ2) is 9.09. The fourth-order valence-electron chi connectivity index (χ4n) is 1.73. The van der Waals surface area contributed by atoms with Crippen LogP contribution in [-0.4, -0.2) is 34.8 Å². The number of aliphatic hydroxyl groups excluding tert-OH is 1.